The molecular formula is C11H7F3N2O2. The van der Waals surface area contributed by atoms with Gasteiger partial charge in [0.1, 0.15) is 0 Å². The molecule has 0 fully saturated rings. The van der Waals surface area contributed by atoms with Gasteiger partial charge in [-0.1, -0.05) is 0 Å². The molecule has 0 aliphatic carbocycles. The first-order valence-electron chi connectivity index (χ1n) is 4.89. The predicted octanol–water partition coefficient (Wildman–Crippen LogP) is 2.35. The fraction of sp³-hybridized carbons (Fsp3) is 0.182. The Morgan fingerprint density at radius 2 is 2.11 bits per heavy atom. The van der Waals surface area contributed by atoms with Gasteiger partial charge in [-0.2, -0.15) is 13.2 Å². The van der Waals surface area contributed by atoms with Gasteiger partial charge in [0.25, 0.3) is 0 Å². The number of carbonyl (C=O) groups is 1. The van der Waals surface area contributed by atoms with Crippen molar-refractivity contribution in [3.63, 3.8) is 0 Å². The molecule has 0 radical (unpaired) electrons. The molecule has 2 aromatic heterocycles. The van der Waals surface area contributed by atoms with Gasteiger partial charge in [-0.3, -0.25) is 9.97 Å². The summed E-state index contributed by atoms with van der Waals surface area (Å²) >= 11 is 0. The molecule has 0 atom stereocenters. The van der Waals surface area contributed by atoms with Gasteiger partial charge in [0.15, 0.2) is 6.61 Å². The van der Waals surface area contributed by atoms with Gasteiger partial charge in [-0.25, -0.2) is 4.79 Å². The maximum Gasteiger partial charge on any atom is 0.422 e. The normalized spacial score (nSPS) is 11.5. The van der Waals surface area contributed by atoms with E-state index in [1.165, 1.54) is 24.7 Å². The lowest BCUT2D eigenvalue weighted by Gasteiger charge is -2.07. The van der Waals surface area contributed by atoms with E-state index < -0.39 is 18.8 Å². The molecule has 0 aromatic carbocycles. The molecule has 0 N–H and O–H groups in total. The summed E-state index contributed by atoms with van der Waals surface area (Å²) in [5.41, 5.74) is 0.553. The summed E-state index contributed by atoms with van der Waals surface area (Å²) in [5, 5.41) is 0.555. The maximum atomic E-state index is 11.9. The highest BCUT2D eigenvalue weighted by molar-refractivity contribution is 5.93. The smallest absolute Gasteiger partial charge is 0.422 e. The molecule has 2 heterocycles. The van der Waals surface area contributed by atoms with Crippen molar-refractivity contribution in [3.8, 4) is 0 Å². The van der Waals surface area contributed by atoms with Crippen molar-refractivity contribution >= 4 is 16.9 Å². The van der Waals surface area contributed by atoms with Crippen LogP contribution in [-0.4, -0.2) is 28.7 Å². The standard InChI is InChI=1S/C11H7F3N2O2/c12-11(13,14)6-18-10(17)8-3-7-4-15-2-1-9(7)16-5-8/h1-5H,6H2. The molecule has 94 valence electrons. The summed E-state index contributed by atoms with van der Waals surface area (Å²) in [6, 6.07) is 3.01. The van der Waals surface area contributed by atoms with Crippen molar-refractivity contribution in [1.82, 2.24) is 9.97 Å². The Morgan fingerprint density at radius 3 is 2.83 bits per heavy atom. The van der Waals surface area contributed by atoms with Gasteiger partial charge < -0.3 is 4.74 Å². The van der Waals surface area contributed by atoms with Gasteiger partial charge in [0.2, 0.25) is 0 Å². The Morgan fingerprint density at radius 1 is 1.33 bits per heavy atom. The van der Waals surface area contributed by atoms with Crippen LogP contribution < -0.4 is 0 Å². The first kappa shape index (κ1) is 12.3. The third kappa shape index (κ3) is 2.93. The highest BCUT2D eigenvalue weighted by Crippen LogP contribution is 2.17. The highest BCUT2D eigenvalue weighted by atomic mass is 19.4. The lowest BCUT2D eigenvalue weighted by Crippen LogP contribution is -2.20. The van der Waals surface area contributed by atoms with Crippen LogP contribution in [0.4, 0.5) is 13.2 Å². The number of aromatic nitrogens is 2. The zero-order valence-electron chi connectivity index (χ0n) is 8.94. The SMILES string of the molecule is O=C(OCC(F)(F)F)c1cnc2ccncc2c1. The number of nitrogens with zero attached hydrogens (tertiary/aromatic N) is 2. The van der Waals surface area contributed by atoms with Crippen molar-refractivity contribution < 1.29 is 22.7 Å². The Labute approximate surface area is 99.4 Å². The van der Waals surface area contributed by atoms with Gasteiger partial charge in [-0.05, 0) is 12.1 Å². The third-order valence-electron chi connectivity index (χ3n) is 2.08. The van der Waals surface area contributed by atoms with Gasteiger partial charge in [0, 0.05) is 24.0 Å². The monoisotopic (exact) mass is 256 g/mol. The van der Waals surface area contributed by atoms with E-state index in [0.717, 1.165) is 0 Å². The van der Waals surface area contributed by atoms with Crippen LogP contribution in [0.5, 0.6) is 0 Å². The van der Waals surface area contributed by atoms with E-state index in [1.54, 1.807) is 6.07 Å². The number of hydrogen-bond acceptors (Lipinski definition) is 4. The minimum Gasteiger partial charge on any atom is -0.452 e. The largest absolute Gasteiger partial charge is 0.452 e. The molecule has 2 rings (SSSR count). The summed E-state index contributed by atoms with van der Waals surface area (Å²) in [5.74, 6) is -1.06. The number of halogens is 3. The predicted molar refractivity (Wildman–Crippen MR) is 55.9 cm³/mol. The molecular weight excluding hydrogens is 249 g/mol. The highest BCUT2D eigenvalue weighted by Gasteiger charge is 2.29. The lowest BCUT2D eigenvalue weighted by molar-refractivity contribution is -0.161. The van der Waals surface area contributed by atoms with Crippen molar-refractivity contribution in [2.24, 2.45) is 0 Å². The maximum absolute atomic E-state index is 11.9. The summed E-state index contributed by atoms with van der Waals surface area (Å²) in [6.45, 7) is -1.61. The number of carbonyl (C=O) groups excluding carboxylic acids is 1. The number of fused-ring (bicyclic) bond motifs is 1. The fourth-order valence-electron chi connectivity index (χ4n) is 1.31. The van der Waals surface area contributed by atoms with E-state index in [2.05, 4.69) is 14.7 Å². The van der Waals surface area contributed by atoms with Crippen LogP contribution in [0.15, 0.2) is 30.7 Å². The molecule has 0 amide bonds. The van der Waals surface area contributed by atoms with Crippen LogP contribution in [0.3, 0.4) is 0 Å². The van der Waals surface area contributed by atoms with Crippen molar-refractivity contribution in [2.75, 3.05) is 6.61 Å². The molecule has 2 aromatic rings. The number of rotatable bonds is 2. The topological polar surface area (TPSA) is 52.1 Å². The second-order valence-electron chi connectivity index (χ2n) is 3.48. The zero-order chi connectivity index (χ0) is 13.2. The van der Waals surface area contributed by atoms with E-state index in [-0.39, 0.29) is 5.56 Å². The minimum absolute atomic E-state index is 0.0419. The first-order chi connectivity index (χ1) is 8.46. The molecule has 18 heavy (non-hydrogen) atoms. The van der Waals surface area contributed by atoms with Crippen LogP contribution in [0.1, 0.15) is 10.4 Å². The third-order valence-corrected chi connectivity index (χ3v) is 2.08. The van der Waals surface area contributed by atoms with E-state index in [4.69, 9.17) is 0 Å². The molecule has 0 saturated carbocycles. The van der Waals surface area contributed by atoms with Crippen molar-refractivity contribution in [3.05, 3.63) is 36.3 Å². The molecule has 0 bridgehead atoms. The quantitative estimate of drug-likeness (QED) is 0.774. The number of pyridine rings is 2. The van der Waals surface area contributed by atoms with Crippen molar-refractivity contribution in [1.29, 1.82) is 0 Å². The molecule has 0 unspecified atom stereocenters. The van der Waals surface area contributed by atoms with Gasteiger partial charge in [-0.15, -0.1) is 0 Å². The Balaban J connectivity index is 2.18. The van der Waals surface area contributed by atoms with Crippen molar-refractivity contribution in [2.45, 2.75) is 6.18 Å². The molecule has 0 aliphatic rings. The number of hydrogen-bond donors (Lipinski definition) is 0. The summed E-state index contributed by atoms with van der Waals surface area (Å²) in [7, 11) is 0. The molecule has 0 spiro atoms. The van der Waals surface area contributed by atoms with E-state index in [0.29, 0.717) is 10.9 Å². The summed E-state index contributed by atoms with van der Waals surface area (Å²) < 4.78 is 39.8. The molecule has 0 aliphatic heterocycles. The van der Waals surface area contributed by atoms with Crippen LogP contribution in [-0.2, 0) is 4.74 Å². The Kier molecular flexibility index (Phi) is 3.14. The van der Waals surface area contributed by atoms with Crippen LogP contribution in [0, 0.1) is 0 Å². The second kappa shape index (κ2) is 4.59. The number of esters is 1. The lowest BCUT2D eigenvalue weighted by atomic mass is 10.2. The molecule has 0 saturated heterocycles. The minimum atomic E-state index is -4.54. The number of alkyl halides is 3. The van der Waals surface area contributed by atoms with Crippen LogP contribution >= 0.6 is 0 Å². The zero-order valence-corrected chi connectivity index (χ0v) is 8.94. The molecule has 7 heteroatoms. The summed E-state index contributed by atoms with van der Waals surface area (Å²) in [4.78, 5) is 19.1. The molecule has 4 nitrogen and oxygen atoms in total. The van der Waals surface area contributed by atoms with Crippen LogP contribution in [0.2, 0.25) is 0 Å². The van der Waals surface area contributed by atoms with Crippen LogP contribution in [0.25, 0.3) is 10.9 Å². The van der Waals surface area contributed by atoms with E-state index in [1.807, 2.05) is 0 Å². The fourth-order valence-corrected chi connectivity index (χ4v) is 1.31. The average Bonchev–Trinajstić information content (AvgIpc) is 2.34. The Hall–Kier alpha value is -2.18. The number of ether oxygens (including phenoxy) is 1. The Bertz CT molecular complexity index is 584. The summed E-state index contributed by atoms with van der Waals surface area (Å²) in [6.07, 6.45) is -0.387. The van der Waals surface area contributed by atoms with E-state index in [9.17, 15) is 18.0 Å². The average molecular weight is 256 g/mol. The van der Waals surface area contributed by atoms with Gasteiger partial charge >= 0.3 is 12.1 Å². The second-order valence-corrected chi connectivity index (χ2v) is 3.48. The van der Waals surface area contributed by atoms with E-state index >= 15 is 0 Å². The van der Waals surface area contributed by atoms with Gasteiger partial charge in [0.05, 0.1) is 11.1 Å². The first-order valence-corrected chi connectivity index (χ1v) is 4.89.